The molecule has 186 valence electrons. The number of amides is 1. The van der Waals surface area contributed by atoms with Gasteiger partial charge in [0.15, 0.2) is 5.69 Å². The monoisotopic (exact) mass is 521 g/mol. The van der Waals surface area contributed by atoms with Crippen molar-refractivity contribution in [2.24, 2.45) is 5.92 Å². The van der Waals surface area contributed by atoms with Crippen molar-refractivity contribution in [3.8, 4) is 17.6 Å². The largest absolute Gasteiger partial charge is 0.449 e. The number of carbonyl (C=O) groups excluding carboxylic acids is 1. The smallest absolute Gasteiger partial charge is 0.437 e. The number of nitriles is 1. The lowest BCUT2D eigenvalue weighted by Crippen LogP contribution is -2.52. The van der Waals surface area contributed by atoms with Gasteiger partial charge in [0, 0.05) is 18.1 Å². The number of nitrogens with zero attached hydrogens (tertiary/aromatic N) is 3. The predicted octanol–water partition coefficient (Wildman–Crippen LogP) is 3.75. The molecule has 36 heavy (non-hydrogen) atoms. The molecule has 2 atom stereocenters. The molecule has 0 spiro atoms. The molecule has 1 fully saturated rings. The molecule has 3 aromatic rings. The van der Waals surface area contributed by atoms with Crippen molar-refractivity contribution >= 4 is 17.5 Å². The Kier molecular flexibility index (Phi) is 6.96. The maximum absolute atomic E-state index is 13.6. The van der Waals surface area contributed by atoms with E-state index in [0.29, 0.717) is 11.9 Å². The van der Waals surface area contributed by atoms with Gasteiger partial charge in [0.1, 0.15) is 17.7 Å². The van der Waals surface area contributed by atoms with Crippen LogP contribution in [-0.2, 0) is 17.5 Å². The van der Waals surface area contributed by atoms with Gasteiger partial charge in [-0.1, -0.05) is 23.7 Å². The molecular weight excluding hydrogens is 506 g/mol. The Bertz CT molecular complexity index is 1420. The van der Waals surface area contributed by atoms with Gasteiger partial charge in [-0.15, -0.1) is 0 Å². The van der Waals surface area contributed by atoms with E-state index >= 15 is 0 Å². The highest BCUT2D eigenvalue weighted by atomic mass is 35.5. The number of ether oxygens (including phenoxy) is 1. The Labute approximate surface area is 206 Å². The first kappa shape index (κ1) is 25.2. The van der Waals surface area contributed by atoms with Crippen LogP contribution in [0.3, 0.4) is 0 Å². The van der Waals surface area contributed by atoms with Crippen molar-refractivity contribution in [2.45, 2.75) is 18.9 Å². The van der Waals surface area contributed by atoms with Crippen molar-refractivity contribution in [2.75, 3.05) is 6.54 Å². The molecule has 2 N–H and O–H groups in total. The first-order valence-electron chi connectivity index (χ1n) is 10.4. The highest BCUT2D eigenvalue weighted by Crippen LogP contribution is 2.35. The van der Waals surface area contributed by atoms with E-state index in [4.69, 9.17) is 21.6 Å². The average Bonchev–Trinajstić information content (AvgIpc) is 2.81. The predicted molar refractivity (Wildman–Crippen MR) is 119 cm³/mol. The van der Waals surface area contributed by atoms with Gasteiger partial charge in [-0.2, -0.15) is 18.4 Å². The fraction of sp³-hybridized carbons (Fsp3) is 0.217. The molecule has 2 unspecified atom stereocenters. The summed E-state index contributed by atoms with van der Waals surface area (Å²) in [6.07, 6.45) is -5.02. The van der Waals surface area contributed by atoms with Crippen LogP contribution >= 0.6 is 11.6 Å². The minimum absolute atomic E-state index is 0.00748. The highest BCUT2D eigenvalue weighted by molar-refractivity contribution is 6.30. The summed E-state index contributed by atoms with van der Waals surface area (Å²) in [6.45, 7) is -0.259. The Morgan fingerprint density at radius 1 is 1.22 bits per heavy atom. The second kappa shape index (κ2) is 9.96. The van der Waals surface area contributed by atoms with E-state index < -0.39 is 47.0 Å². The quantitative estimate of drug-likeness (QED) is 0.495. The third kappa shape index (κ3) is 5.48. The van der Waals surface area contributed by atoms with Gasteiger partial charge in [0.25, 0.3) is 5.56 Å². The molecule has 8 nitrogen and oxygen atoms in total. The van der Waals surface area contributed by atoms with Crippen LogP contribution in [0, 0.1) is 23.1 Å². The number of carbonyl (C=O) groups is 1. The van der Waals surface area contributed by atoms with Crippen LogP contribution in [0.1, 0.15) is 23.0 Å². The highest BCUT2D eigenvalue weighted by Gasteiger charge is 2.39. The third-order valence-electron chi connectivity index (χ3n) is 5.31. The zero-order chi connectivity index (χ0) is 26.0. The molecule has 0 saturated carbocycles. The molecule has 4 rings (SSSR count). The fourth-order valence-corrected chi connectivity index (χ4v) is 3.86. The lowest BCUT2D eigenvalue weighted by Gasteiger charge is -2.31. The van der Waals surface area contributed by atoms with E-state index in [2.05, 4.69) is 15.6 Å². The minimum Gasteiger partial charge on any atom is -0.449 e. The summed E-state index contributed by atoms with van der Waals surface area (Å²) in [5, 5.41) is 14.7. The number of halogens is 5. The van der Waals surface area contributed by atoms with Crippen LogP contribution < -0.4 is 20.9 Å². The van der Waals surface area contributed by atoms with E-state index in [9.17, 15) is 27.2 Å². The first-order chi connectivity index (χ1) is 17.0. The number of benzene rings is 2. The van der Waals surface area contributed by atoms with Crippen molar-refractivity contribution in [1.82, 2.24) is 20.2 Å². The van der Waals surface area contributed by atoms with Gasteiger partial charge in [-0.3, -0.25) is 19.5 Å². The number of alkyl halides is 3. The van der Waals surface area contributed by atoms with Crippen LogP contribution in [0.2, 0.25) is 5.02 Å². The van der Waals surface area contributed by atoms with Gasteiger partial charge < -0.3 is 10.1 Å². The van der Waals surface area contributed by atoms with Gasteiger partial charge in [-0.25, -0.2) is 9.37 Å². The van der Waals surface area contributed by atoms with Gasteiger partial charge >= 0.3 is 6.18 Å². The van der Waals surface area contributed by atoms with Crippen molar-refractivity contribution in [1.29, 1.82) is 5.26 Å². The molecule has 1 saturated heterocycles. The summed E-state index contributed by atoms with van der Waals surface area (Å²) in [7, 11) is 0. The van der Waals surface area contributed by atoms with Crippen LogP contribution in [0.15, 0.2) is 53.6 Å². The fourth-order valence-electron chi connectivity index (χ4n) is 3.63. The summed E-state index contributed by atoms with van der Waals surface area (Å²) < 4.78 is 60.3. The van der Waals surface area contributed by atoms with Crippen LogP contribution in [0.5, 0.6) is 11.5 Å². The molecule has 0 aliphatic carbocycles. The van der Waals surface area contributed by atoms with Crippen molar-refractivity contribution in [3.63, 3.8) is 0 Å². The molecule has 1 amide bonds. The molecule has 2 heterocycles. The van der Waals surface area contributed by atoms with Crippen LogP contribution in [-0.4, -0.2) is 22.0 Å². The van der Waals surface area contributed by atoms with Crippen LogP contribution in [0.25, 0.3) is 0 Å². The van der Waals surface area contributed by atoms with E-state index in [1.54, 1.807) is 12.1 Å². The van der Waals surface area contributed by atoms with Gasteiger partial charge in [0.2, 0.25) is 11.7 Å². The summed E-state index contributed by atoms with van der Waals surface area (Å²) >= 11 is 5.88. The van der Waals surface area contributed by atoms with E-state index in [1.807, 2.05) is 0 Å². The number of rotatable bonds is 5. The number of nitrogens with one attached hydrogen (secondary N) is 2. The summed E-state index contributed by atoms with van der Waals surface area (Å²) in [5.74, 6) is -3.22. The molecule has 1 aromatic heterocycles. The summed E-state index contributed by atoms with van der Waals surface area (Å²) in [5.41, 5.74) is -2.27. The molecular formula is C23H16ClF4N5O3. The van der Waals surface area contributed by atoms with Gasteiger partial charge in [0.05, 0.1) is 23.9 Å². The number of aromatic nitrogens is 2. The zero-order valence-corrected chi connectivity index (χ0v) is 18.9. The van der Waals surface area contributed by atoms with Gasteiger partial charge in [-0.05, 0) is 35.9 Å². The van der Waals surface area contributed by atoms with Crippen molar-refractivity contribution in [3.05, 3.63) is 86.8 Å². The zero-order valence-electron chi connectivity index (χ0n) is 18.1. The topological polar surface area (TPSA) is 109 Å². The minimum atomic E-state index is -5.02. The number of hydrogen-bond donors (Lipinski definition) is 2. The van der Waals surface area contributed by atoms with Crippen molar-refractivity contribution < 1.29 is 27.1 Å². The molecule has 0 bridgehead atoms. The number of hydrogen-bond acceptors (Lipinski definition) is 6. The van der Waals surface area contributed by atoms with E-state index in [1.165, 1.54) is 24.3 Å². The van der Waals surface area contributed by atoms with E-state index in [0.717, 1.165) is 16.7 Å². The second-order valence-corrected chi connectivity index (χ2v) is 8.31. The second-order valence-electron chi connectivity index (χ2n) is 7.87. The molecule has 0 radical (unpaired) electrons. The lowest BCUT2D eigenvalue weighted by molar-refractivity contribution is -0.142. The summed E-state index contributed by atoms with van der Waals surface area (Å²) in [6, 6.07) is 10.9. The Morgan fingerprint density at radius 3 is 2.67 bits per heavy atom. The summed E-state index contributed by atoms with van der Waals surface area (Å²) in [4.78, 5) is 29.0. The normalized spacial score (nSPS) is 17.8. The SMILES string of the molecule is N#Cc1cc(Cl)cc(Oc2c(C(F)(F)F)ncn(CC3CNC(c4cccc(F)c4)NC3=O)c2=O)c1. The maximum Gasteiger partial charge on any atom is 0.437 e. The van der Waals surface area contributed by atoms with Crippen LogP contribution in [0.4, 0.5) is 17.6 Å². The first-order valence-corrected chi connectivity index (χ1v) is 10.8. The molecule has 2 aromatic carbocycles. The molecule has 1 aliphatic rings. The third-order valence-corrected chi connectivity index (χ3v) is 5.53. The Morgan fingerprint density at radius 2 is 2.00 bits per heavy atom. The lowest BCUT2D eigenvalue weighted by atomic mass is 10.0. The Hall–Kier alpha value is -3.95. The Balaban J connectivity index is 1.60. The van der Waals surface area contributed by atoms with E-state index in [-0.39, 0.29) is 29.4 Å². The maximum atomic E-state index is 13.6. The molecule has 13 heteroatoms. The average molecular weight is 522 g/mol. The standard InChI is InChI=1S/C23H16ClF4N5O3/c24-15-4-12(8-29)5-17(7-15)36-18-19(23(26,27)28)31-11-33(22(18)35)10-14-9-30-20(32-21(14)34)13-2-1-3-16(25)6-13/h1-7,11,14,20,30H,9-10H2,(H,32,34). The molecule has 1 aliphatic heterocycles.